The minimum Gasteiger partial charge on any atom is -0.379 e. The van der Waals surface area contributed by atoms with Gasteiger partial charge in [-0.3, -0.25) is 0 Å². The van der Waals surface area contributed by atoms with Crippen molar-refractivity contribution in [2.24, 2.45) is 0 Å². The molecular weight excluding hydrogens is 336 g/mol. The zero-order valence-electron chi connectivity index (χ0n) is 13.7. The Hall–Kier alpha value is -3.04. The van der Waals surface area contributed by atoms with E-state index in [4.69, 9.17) is 4.74 Å². The van der Waals surface area contributed by atoms with Gasteiger partial charge in [0.2, 0.25) is 0 Å². The first kappa shape index (κ1) is 16.4. The van der Waals surface area contributed by atoms with E-state index in [1.165, 1.54) is 12.1 Å². The van der Waals surface area contributed by atoms with Crippen molar-refractivity contribution in [2.45, 2.75) is 18.6 Å². The highest BCUT2D eigenvalue weighted by atomic mass is 19.2. The number of benzene rings is 2. The fourth-order valence-electron chi connectivity index (χ4n) is 3.31. The van der Waals surface area contributed by atoms with Crippen LogP contribution in [0, 0.1) is 23.0 Å². The number of hydrogen-bond donors (Lipinski definition) is 1. The normalized spacial score (nSPS) is 19.4. The lowest BCUT2D eigenvalue weighted by Gasteiger charge is -2.22. The molecule has 4 rings (SSSR count). The highest BCUT2D eigenvalue weighted by Gasteiger charge is 2.30. The molecule has 2 atom stereocenters. The molecule has 1 aromatic heterocycles. The maximum Gasteiger partial charge on any atom is 0.159 e. The van der Waals surface area contributed by atoms with Crippen LogP contribution >= 0.6 is 0 Å². The van der Waals surface area contributed by atoms with Crippen molar-refractivity contribution >= 4 is 16.6 Å². The Morgan fingerprint density at radius 3 is 2.77 bits per heavy atom. The Bertz CT molecular complexity index is 1020. The van der Waals surface area contributed by atoms with Crippen molar-refractivity contribution in [1.29, 1.82) is 5.26 Å². The summed E-state index contributed by atoms with van der Waals surface area (Å²) >= 11 is 0. The summed E-state index contributed by atoms with van der Waals surface area (Å²) in [7, 11) is 0. The van der Waals surface area contributed by atoms with E-state index in [-0.39, 0.29) is 6.04 Å². The topological polar surface area (TPSA) is 57.9 Å². The van der Waals surface area contributed by atoms with Crippen LogP contribution in [0.1, 0.15) is 23.8 Å². The average Bonchev–Trinajstić information content (AvgIpc) is 3.12. The maximum atomic E-state index is 13.6. The van der Waals surface area contributed by atoms with Crippen molar-refractivity contribution < 1.29 is 13.5 Å². The fraction of sp³-hybridized carbons (Fsp3) is 0.200. The monoisotopic (exact) mass is 351 g/mol. The first-order chi connectivity index (χ1) is 12.7. The summed E-state index contributed by atoms with van der Waals surface area (Å²) in [5, 5.41) is 13.5. The molecule has 0 bridgehead atoms. The third-order valence-electron chi connectivity index (χ3n) is 4.54. The van der Waals surface area contributed by atoms with E-state index in [1.807, 2.05) is 24.3 Å². The Labute approximate surface area is 149 Å². The number of nitriles is 1. The van der Waals surface area contributed by atoms with E-state index in [9.17, 15) is 14.0 Å². The van der Waals surface area contributed by atoms with Crippen LogP contribution < -0.4 is 5.32 Å². The zero-order chi connectivity index (χ0) is 18.1. The summed E-state index contributed by atoms with van der Waals surface area (Å²) in [5.74, 6) is -1.77. The Balaban J connectivity index is 1.69. The molecule has 130 valence electrons. The predicted molar refractivity (Wildman–Crippen MR) is 93.5 cm³/mol. The van der Waals surface area contributed by atoms with E-state index in [0.29, 0.717) is 24.3 Å². The van der Waals surface area contributed by atoms with Crippen molar-refractivity contribution in [3.63, 3.8) is 0 Å². The van der Waals surface area contributed by atoms with Crippen molar-refractivity contribution in [1.82, 2.24) is 4.98 Å². The molecule has 0 amide bonds. The summed E-state index contributed by atoms with van der Waals surface area (Å²) in [4.78, 5) is 4.30. The summed E-state index contributed by atoms with van der Waals surface area (Å²) in [6, 6.07) is 15.0. The molecule has 2 aromatic carbocycles. The Morgan fingerprint density at radius 2 is 1.96 bits per heavy atom. The number of nitrogens with zero attached hydrogens (tertiary/aromatic N) is 2. The smallest absolute Gasteiger partial charge is 0.159 e. The van der Waals surface area contributed by atoms with Crippen LogP contribution in [0.15, 0.2) is 48.5 Å². The molecule has 1 N–H and O–H groups in total. The van der Waals surface area contributed by atoms with Crippen LogP contribution in [0.2, 0.25) is 0 Å². The standard InChI is InChI=1S/C20H15F2N3O/c21-15-6-5-12(9-16(15)22)20-18(7-8-26-20)25-19-10-13(11-23)24-17-4-2-1-3-14(17)19/h1-6,9-10,18,20H,7-8H2,(H,24,25). The third kappa shape index (κ3) is 2.98. The van der Waals surface area contributed by atoms with Crippen LogP contribution in [-0.2, 0) is 4.74 Å². The van der Waals surface area contributed by atoms with E-state index in [2.05, 4.69) is 16.4 Å². The number of para-hydroxylation sites is 1. The van der Waals surface area contributed by atoms with Gasteiger partial charge in [0.25, 0.3) is 0 Å². The van der Waals surface area contributed by atoms with E-state index < -0.39 is 17.7 Å². The molecule has 3 aromatic rings. The van der Waals surface area contributed by atoms with Crippen LogP contribution in [0.4, 0.5) is 14.5 Å². The molecule has 1 aliphatic heterocycles. The summed E-state index contributed by atoms with van der Waals surface area (Å²) < 4.78 is 32.6. The van der Waals surface area contributed by atoms with Gasteiger partial charge in [0.15, 0.2) is 11.6 Å². The first-order valence-electron chi connectivity index (χ1n) is 8.28. The SMILES string of the molecule is N#Cc1cc(NC2CCOC2c2ccc(F)c(F)c2)c2ccccc2n1. The molecule has 1 aliphatic rings. The van der Waals surface area contributed by atoms with Gasteiger partial charge in [0.1, 0.15) is 17.9 Å². The molecule has 6 heteroatoms. The van der Waals surface area contributed by atoms with Gasteiger partial charge in [-0.05, 0) is 36.2 Å². The predicted octanol–water partition coefficient (Wildman–Crippen LogP) is 4.33. The Morgan fingerprint density at radius 1 is 1.12 bits per heavy atom. The molecule has 2 unspecified atom stereocenters. The number of ether oxygens (including phenoxy) is 1. The highest BCUT2D eigenvalue weighted by Crippen LogP contribution is 2.34. The van der Waals surface area contributed by atoms with E-state index in [0.717, 1.165) is 22.7 Å². The van der Waals surface area contributed by atoms with Gasteiger partial charge in [-0.2, -0.15) is 5.26 Å². The molecular formula is C20H15F2N3O. The number of hydrogen-bond acceptors (Lipinski definition) is 4. The van der Waals surface area contributed by atoms with Gasteiger partial charge in [-0.1, -0.05) is 24.3 Å². The van der Waals surface area contributed by atoms with Gasteiger partial charge in [-0.25, -0.2) is 13.8 Å². The second-order valence-corrected chi connectivity index (χ2v) is 6.19. The average molecular weight is 351 g/mol. The molecule has 4 nitrogen and oxygen atoms in total. The molecule has 1 fully saturated rings. The van der Waals surface area contributed by atoms with Crippen molar-refractivity contribution in [3.8, 4) is 6.07 Å². The molecule has 0 spiro atoms. The lowest BCUT2D eigenvalue weighted by Crippen LogP contribution is -2.23. The zero-order valence-corrected chi connectivity index (χ0v) is 13.7. The summed E-state index contributed by atoms with van der Waals surface area (Å²) in [6.07, 6.45) is 0.310. The van der Waals surface area contributed by atoms with Crippen LogP contribution in [-0.4, -0.2) is 17.6 Å². The number of anilines is 1. The van der Waals surface area contributed by atoms with E-state index in [1.54, 1.807) is 6.07 Å². The number of nitrogens with one attached hydrogen (secondary N) is 1. The number of halogens is 2. The van der Waals surface area contributed by atoms with Crippen molar-refractivity contribution in [2.75, 3.05) is 11.9 Å². The highest BCUT2D eigenvalue weighted by molar-refractivity contribution is 5.92. The molecule has 0 saturated carbocycles. The second kappa shape index (κ2) is 6.70. The first-order valence-corrected chi connectivity index (χ1v) is 8.28. The summed E-state index contributed by atoms with van der Waals surface area (Å²) in [6.45, 7) is 0.509. The lowest BCUT2D eigenvalue weighted by atomic mass is 10.0. The van der Waals surface area contributed by atoms with E-state index >= 15 is 0 Å². The maximum absolute atomic E-state index is 13.6. The van der Waals surface area contributed by atoms with Gasteiger partial charge in [-0.15, -0.1) is 0 Å². The summed E-state index contributed by atoms with van der Waals surface area (Å²) in [5.41, 5.74) is 2.39. The van der Waals surface area contributed by atoms with Crippen molar-refractivity contribution in [3.05, 3.63) is 71.4 Å². The lowest BCUT2D eigenvalue weighted by molar-refractivity contribution is 0.107. The largest absolute Gasteiger partial charge is 0.379 e. The molecule has 2 heterocycles. The Kier molecular flexibility index (Phi) is 4.23. The fourth-order valence-corrected chi connectivity index (χ4v) is 3.31. The van der Waals surface area contributed by atoms with Gasteiger partial charge in [0, 0.05) is 17.7 Å². The molecule has 1 saturated heterocycles. The third-order valence-corrected chi connectivity index (χ3v) is 4.54. The van der Waals surface area contributed by atoms with Crippen LogP contribution in [0.25, 0.3) is 10.9 Å². The minimum atomic E-state index is -0.891. The number of pyridine rings is 1. The number of rotatable bonds is 3. The van der Waals surface area contributed by atoms with Gasteiger partial charge in [0.05, 0.1) is 11.6 Å². The van der Waals surface area contributed by atoms with Gasteiger partial charge >= 0.3 is 0 Å². The molecule has 0 radical (unpaired) electrons. The molecule has 0 aliphatic carbocycles. The van der Waals surface area contributed by atoms with Crippen LogP contribution in [0.5, 0.6) is 0 Å². The minimum absolute atomic E-state index is 0.128. The number of fused-ring (bicyclic) bond motifs is 1. The number of aromatic nitrogens is 1. The van der Waals surface area contributed by atoms with Gasteiger partial charge < -0.3 is 10.1 Å². The second-order valence-electron chi connectivity index (χ2n) is 6.19. The molecule has 26 heavy (non-hydrogen) atoms. The van der Waals surface area contributed by atoms with Crippen LogP contribution in [0.3, 0.4) is 0 Å². The quantitative estimate of drug-likeness (QED) is 0.763.